The second-order valence-electron chi connectivity index (χ2n) is 3.54. The van der Waals surface area contributed by atoms with Crippen molar-refractivity contribution in [1.29, 1.82) is 0 Å². The molecule has 0 aliphatic heterocycles. The molecule has 92 valence electrons. The molecule has 1 aliphatic carbocycles. The quantitative estimate of drug-likeness (QED) is 0.469. The molecule has 0 aromatic heterocycles. The first-order valence-corrected chi connectivity index (χ1v) is 7.02. The summed E-state index contributed by atoms with van der Waals surface area (Å²) in [6, 6.07) is 0. The lowest BCUT2D eigenvalue weighted by atomic mass is 9.97. The lowest BCUT2D eigenvalue weighted by Gasteiger charge is -2.45. The predicted octanol–water partition coefficient (Wildman–Crippen LogP) is 6.11. The standard InChI is InChI=1S/C6H6Cl6.C3H8/c7-4(8)2-1-3-5(9,10)6(4,11)12;1-3-2/h1-3H2;3H2,1-2H3. The molecule has 1 rings (SSSR count). The summed E-state index contributed by atoms with van der Waals surface area (Å²) in [7, 11) is 0. The van der Waals surface area contributed by atoms with Gasteiger partial charge < -0.3 is 0 Å². The maximum atomic E-state index is 5.89. The minimum Gasteiger partial charge on any atom is -0.0982 e. The van der Waals surface area contributed by atoms with E-state index in [0.717, 1.165) is 0 Å². The molecule has 1 aliphatic rings. The van der Waals surface area contributed by atoms with Crippen molar-refractivity contribution in [2.45, 2.75) is 52.5 Å². The van der Waals surface area contributed by atoms with E-state index in [0.29, 0.717) is 19.3 Å². The Kier molecular flexibility index (Phi) is 6.77. The summed E-state index contributed by atoms with van der Waals surface area (Å²) in [4.78, 5) is 0. The van der Waals surface area contributed by atoms with E-state index in [1.807, 2.05) is 0 Å². The van der Waals surface area contributed by atoms with Crippen LogP contribution in [0.3, 0.4) is 0 Å². The lowest BCUT2D eigenvalue weighted by Crippen LogP contribution is -2.52. The third-order valence-electron chi connectivity index (χ3n) is 1.90. The Morgan fingerprint density at radius 1 is 0.800 bits per heavy atom. The van der Waals surface area contributed by atoms with E-state index in [1.54, 1.807) is 0 Å². The van der Waals surface area contributed by atoms with Gasteiger partial charge in [-0.2, -0.15) is 0 Å². The highest BCUT2D eigenvalue weighted by molar-refractivity contribution is 6.69. The highest BCUT2D eigenvalue weighted by Crippen LogP contribution is 2.60. The second-order valence-corrected chi connectivity index (χ2v) is 7.84. The molecule has 0 atom stereocenters. The molecule has 0 unspecified atom stereocenters. The van der Waals surface area contributed by atoms with Crippen LogP contribution < -0.4 is 0 Å². The summed E-state index contributed by atoms with van der Waals surface area (Å²) in [6.45, 7) is 4.25. The van der Waals surface area contributed by atoms with E-state index in [1.165, 1.54) is 6.42 Å². The monoisotopic (exact) mass is 332 g/mol. The van der Waals surface area contributed by atoms with E-state index in [9.17, 15) is 0 Å². The van der Waals surface area contributed by atoms with Crippen molar-refractivity contribution in [2.75, 3.05) is 0 Å². The highest BCUT2D eigenvalue weighted by atomic mass is 35.5. The first-order valence-electron chi connectivity index (χ1n) is 4.76. The van der Waals surface area contributed by atoms with Crippen molar-refractivity contribution in [2.24, 2.45) is 0 Å². The zero-order valence-electron chi connectivity index (χ0n) is 8.60. The topological polar surface area (TPSA) is 0 Å². The molecule has 0 radical (unpaired) electrons. The number of hydrogen-bond acceptors (Lipinski definition) is 0. The third-order valence-corrected chi connectivity index (χ3v) is 5.85. The summed E-state index contributed by atoms with van der Waals surface area (Å²) in [5.74, 6) is 0. The Labute approximate surface area is 121 Å². The lowest BCUT2D eigenvalue weighted by molar-refractivity contribution is 0.429. The number of alkyl halides is 6. The summed E-state index contributed by atoms with van der Waals surface area (Å²) in [5.41, 5.74) is 0. The molecule has 0 aromatic carbocycles. The molecule has 0 saturated heterocycles. The van der Waals surface area contributed by atoms with Gasteiger partial charge in [-0.25, -0.2) is 0 Å². The van der Waals surface area contributed by atoms with Crippen LogP contribution in [0.15, 0.2) is 0 Å². The molecule has 15 heavy (non-hydrogen) atoms. The minimum atomic E-state index is -1.52. The van der Waals surface area contributed by atoms with E-state index in [2.05, 4.69) is 13.8 Å². The Morgan fingerprint density at radius 3 is 1.27 bits per heavy atom. The van der Waals surface area contributed by atoms with Crippen molar-refractivity contribution in [1.82, 2.24) is 0 Å². The van der Waals surface area contributed by atoms with Gasteiger partial charge in [0.05, 0.1) is 0 Å². The van der Waals surface area contributed by atoms with Crippen LogP contribution in [-0.4, -0.2) is 13.0 Å². The van der Waals surface area contributed by atoms with Gasteiger partial charge in [0.2, 0.25) is 0 Å². The SMILES string of the molecule is CCC.ClC1(Cl)CCCC(Cl)(Cl)C1(Cl)Cl. The van der Waals surface area contributed by atoms with E-state index in [4.69, 9.17) is 69.6 Å². The van der Waals surface area contributed by atoms with Crippen LogP contribution in [0.2, 0.25) is 0 Å². The highest BCUT2D eigenvalue weighted by Gasteiger charge is 2.62. The van der Waals surface area contributed by atoms with Crippen molar-refractivity contribution < 1.29 is 0 Å². The van der Waals surface area contributed by atoms with Gasteiger partial charge in [0.25, 0.3) is 0 Å². The Hall–Kier alpha value is 1.74. The molecule has 0 bridgehead atoms. The number of hydrogen-bond donors (Lipinski definition) is 0. The first kappa shape index (κ1) is 16.7. The molecule has 0 spiro atoms. The second kappa shape index (κ2) is 6.07. The van der Waals surface area contributed by atoms with E-state index in [-0.39, 0.29) is 0 Å². The summed E-state index contributed by atoms with van der Waals surface area (Å²) < 4.78 is -4.08. The number of halogens is 6. The molecule has 0 heterocycles. The van der Waals surface area contributed by atoms with Crippen molar-refractivity contribution in [3.05, 3.63) is 0 Å². The zero-order valence-corrected chi connectivity index (χ0v) is 13.1. The smallest absolute Gasteiger partial charge is 0.0982 e. The Balaban J connectivity index is 0.000000583. The van der Waals surface area contributed by atoms with Crippen molar-refractivity contribution in [3.8, 4) is 0 Å². The fraction of sp³-hybridized carbons (Fsp3) is 1.00. The molecule has 0 amide bonds. The van der Waals surface area contributed by atoms with Gasteiger partial charge in [-0.1, -0.05) is 89.9 Å². The molecule has 0 nitrogen and oxygen atoms in total. The zero-order chi connectivity index (χ0) is 12.3. The van der Waals surface area contributed by atoms with Crippen LogP contribution in [-0.2, 0) is 0 Å². The fourth-order valence-corrected chi connectivity index (χ4v) is 2.87. The van der Waals surface area contributed by atoms with Crippen LogP contribution in [0.1, 0.15) is 39.5 Å². The van der Waals surface area contributed by atoms with E-state index >= 15 is 0 Å². The average Bonchev–Trinajstić information content (AvgIpc) is 2.02. The van der Waals surface area contributed by atoms with Crippen LogP contribution in [0.5, 0.6) is 0 Å². The summed E-state index contributed by atoms with van der Waals surface area (Å²) >= 11 is 35.3. The normalized spacial score (nSPS) is 26.4. The molecule has 0 aromatic rings. The van der Waals surface area contributed by atoms with Gasteiger partial charge in [-0.3, -0.25) is 0 Å². The largest absolute Gasteiger partial charge is 0.183 e. The maximum Gasteiger partial charge on any atom is 0.183 e. The Morgan fingerprint density at radius 2 is 1.07 bits per heavy atom. The molecular weight excluding hydrogens is 321 g/mol. The molecular formula is C9H14Cl6. The fourth-order valence-electron chi connectivity index (χ4n) is 1.11. The molecule has 0 N–H and O–H groups in total. The number of rotatable bonds is 0. The van der Waals surface area contributed by atoms with Crippen LogP contribution in [0.25, 0.3) is 0 Å². The van der Waals surface area contributed by atoms with Gasteiger partial charge in [0.1, 0.15) is 0 Å². The van der Waals surface area contributed by atoms with Crippen molar-refractivity contribution in [3.63, 3.8) is 0 Å². The average molecular weight is 335 g/mol. The van der Waals surface area contributed by atoms with Gasteiger partial charge in [-0.15, -0.1) is 0 Å². The van der Waals surface area contributed by atoms with Crippen molar-refractivity contribution >= 4 is 69.6 Å². The van der Waals surface area contributed by atoms with E-state index < -0.39 is 13.0 Å². The summed E-state index contributed by atoms with van der Waals surface area (Å²) in [6.07, 6.45) is 2.94. The van der Waals surface area contributed by atoms with Gasteiger partial charge in [0.15, 0.2) is 13.0 Å². The molecule has 6 heteroatoms. The van der Waals surface area contributed by atoms with Gasteiger partial charge in [0, 0.05) is 0 Å². The van der Waals surface area contributed by atoms with Crippen LogP contribution in [0, 0.1) is 0 Å². The van der Waals surface area contributed by atoms with Crippen LogP contribution in [0.4, 0.5) is 0 Å². The van der Waals surface area contributed by atoms with Gasteiger partial charge in [-0.05, 0) is 19.3 Å². The van der Waals surface area contributed by atoms with Gasteiger partial charge >= 0.3 is 0 Å². The maximum absolute atomic E-state index is 5.89. The first-order chi connectivity index (χ1) is 6.62. The molecule has 1 saturated carbocycles. The minimum absolute atomic E-state index is 0.490. The predicted molar refractivity (Wildman–Crippen MR) is 73.1 cm³/mol. The summed E-state index contributed by atoms with van der Waals surface area (Å²) in [5, 5.41) is 0. The van der Waals surface area contributed by atoms with Crippen LogP contribution >= 0.6 is 69.6 Å². The third kappa shape index (κ3) is 3.86. The molecule has 1 fully saturated rings. The Bertz CT molecular complexity index is 181.